The number of nitrogens with one attached hydrogen (secondary N) is 2. The molecule has 6 nitrogen and oxygen atoms in total. The molecular weight excluding hydrogens is 469 g/mol. The van der Waals surface area contributed by atoms with Gasteiger partial charge < -0.3 is 24.8 Å². The maximum Gasteiger partial charge on any atom is 0.191 e. The lowest BCUT2D eigenvalue weighted by molar-refractivity contribution is 0.0277. The molecule has 0 spiro atoms. The number of benzene rings is 1. The third-order valence-electron chi connectivity index (χ3n) is 4.76. The van der Waals surface area contributed by atoms with Crippen LogP contribution in [-0.4, -0.2) is 46.0 Å². The second kappa shape index (κ2) is 14.7. The van der Waals surface area contributed by atoms with Gasteiger partial charge in [-0.05, 0) is 32.3 Å². The molecule has 1 aromatic carbocycles. The van der Waals surface area contributed by atoms with Crippen LogP contribution in [0.4, 0.5) is 0 Å². The van der Waals surface area contributed by atoms with Crippen molar-refractivity contribution < 1.29 is 14.2 Å². The van der Waals surface area contributed by atoms with Gasteiger partial charge in [-0.3, -0.25) is 0 Å². The number of methoxy groups -OCH3 is 2. The van der Waals surface area contributed by atoms with Crippen LogP contribution in [0.2, 0.25) is 0 Å². The minimum atomic E-state index is 0. The maximum atomic E-state index is 5.98. The Morgan fingerprint density at radius 2 is 1.89 bits per heavy atom. The molecule has 28 heavy (non-hydrogen) atoms. The van der Waals surface area contributed by atoms with Gasteiger partial charge in [0.15, 0.2) is 17.5 Å². The Bertz CT molecular complexity index is 578. The quantitative estimate of drug-likeness (QED) is 0.217. The number of guanidine groups is 1. The average Bonchev–Trinajstić information content (AvgIpc) is 2.72. The first-order chi connectivity index (χ1) is 13.3. The Labute approximate surface area is 186 Å². The van der Waals surface area contributed by atoms with Crippen molar-refractivity contribution in [3.63, 3.8) is 0 Å². The normalized spacial score (nSPS) is 14.9. The number of hydrogen-bond donors (Lipinski definition) is 2. The number of ether oxygens (including phenoxy) is 3. The van der Waals surface area contributed by atoms with E-state index in [1.54, 1.807) is 14.2 Å². The molecule has 0 aliphatic heterocycles. The first-order valence-corrected chi connectivity index (χ1v) is 10.1. The molecule has 0 amide bonds. The summed E-state index contributed by atoms with van der Waals surface area (Å²) >= 11 is 0. The Hall–Kier alpha value is -1.22. The first-order valence-electron chi connectivity index (χ1n) is 10.1. The van der Waals surface area contributed by atoms with E-state index >= 15 is 0 Å². The summed E-state index contributed by atoms with van der Waals surface area (Å²) in [5, 5.41) is 6.67. The van der Waals surface area contributed by atoms with Gasteiger partial charge in [0.25, 0.3) is 0 Å². The summed E-state index contributed by atoms with van der Waals surface area (Å²) in [5.74, 6) is 2.27. The average molecular weight is 505 g/mol. The third kappa shape index (κ3) is 8.43. The standard InChI is InChI=1S/C21H35N3O3.HI/c1-4-22-21(23-14-9-15-27-18-11-6-5-7-12-18)24-16-17-10-8-13-19(25-2)20(17)26-3;/h8,10,13,18H,4-7,9,11-12,14-16H2,1-3H3,(H2,22,23,24);1H. The van der Waals surface area contributed by atoms with Crippen molar-refractivity contribution in [2.75, 3.05) is 33.9 Å². The summed E-state index contributed by atoms with van der Waals surface area (Å²) in [6.07, 6.45) is 7.88. The molecule has 0 heterocycles. The second-order valence-electron chi connectivity index (χ2n) is 6.76. The molecule has 1 fully saturated rings. The summed E-state index contributed by atoms with van der Waals surface area (Å²) in [7, 11) is 3.30. The van der Waals surface area contributed by atoms with Crippen molar-refractivity contribution in [3.8, 4) is 11.5 Å². The zero-order valence-electron chi connectivity index (χ0n) is 17.5. The highest BCUT2D eigenvalue weighted by atomic mass is 127. The molecule has 7 heteroatoms. The van der Waals surface area contributed by atoms with Crippen LogP contribution in [0.5, 0.6) is 11.5 Å². The Morgan fingerprint density at radius 3 is 2.57 bits per heavy atom. The second-order valence-corrected chi connectivity index (χ2v) is 6.76. The lowest BCUT2D eigenvalue weighted by Gasteiger charge is -2.22. The summed E-state index contributed by atoms with van der Waals surface area (Å²) in [6.45, 7) is 5.05. The van der Waals surface area contributed by atoms with E-state index in [1.807, 2.05) is 18.2 Å². The van der Waals surface area contributed by atoms with Crippen LogP contribution < -0.4 is 20.1 Å². The maximum absolute atomic E-state index is 5.98. The predicted octanol–water partition coefficient (Wildman–Crippen LogP) is 4.12. The SMILES string of the molecule is CCNC(=NCc1cccc(OC)c1OC)NCCCOC1CCCCC1.I. The molecule has 1 aliphatic carbocycles. The van der Waals surface area contributed by atoms with E-state index in [-0.39, 0.29) is 24.0 Å². The lowest BCUT2D eigenvalue weighted by atomic mass is 9.98. The predicted molar refractivity (Wildman–Crippen MR) is 125 cm³/mol. The minimum Gasteiger partial charge on any atom is -0.493 e. The van der Waals surface area contributed by atoms with Crippen LogP contribution in [0.15, 0.2) is 23.2 Å². The Balaban J connectivity index is 0.00000392. The van der Waals surface area contributed by atoms with Gasteiger partial charge in [0.05, 0.1) is 26.9 Å². The first kappa shape index (κ1) is 24.8. The van der Waals surface area contributed by atoms with Gasteiger partial charge in [-0.25, -0.2) is 4.99 Å². The van der Waals surface area contributed by atoms with Crippen molar-refractivity contribution >= 4 is 29.9 Å². The van der Waals surface area contributed by atoms with Gasteiger partial charge in [0.1, 0.15) is 0 Å². The molecular formula is C21H36IN3O3. The lowest BCUT2D eigenvalue weighted by Crippen LogP contribution is -2.38. The van der Waals surface area contributed by atoms with Crippen LogP contribution in [-0.2, 0) is 11.3 Å². The number of rotatable bonds is 10. The number of nitrogens with zero attached hydrogens (tertiary/aromatic N) is 1. The largest absolute Gasteiger partial charge is 0.493 e. The van der Waals surface area contributed by atoms with Crippen LogP contribution in [0.3, 0.4) is 0 Å². The number of aliphatic imine (C=N–C) groups is 1. The molecule has 2 N–H and O–H groups in total. The van der Waals surface area contributed by atoms with Crippen LogP contribution in [0.25, 0.3) is 0 Å². The molecule has 1 aliphatic rings. The summed E-state index contributed by atoms with van der Waals surface area (Å²) in [6, 6.07) is 5.85. The van der Waals surface area contributed by atoms with Crippen molar-refractivity contribution in [2.24, 2.45) is 4.99 Å². The van der Waals surface area contributed by atoms with Crippen LogP contribution >= 0.6 is 24.0 Å². The Kier molecular flexibility index (Phi) is 13.1. The summed E-state index contributed by atoms with van der Waals surface area (Å²) in [4.78, 5) is 4.67. The molecule has 0 saturated heterocycles. The molecule has 2 rings (SSSR count). The van der Waals surface area contributed by atoms with Gasteiger partial charge in [-0.1, -0.05) is 31.4 Å². The van der Waals surface area contributed by atoms with Gasteiger partial charge in [0, 0.05) is 25.3 Å². The smallest absolute Gasteiger partial charge is 0.191 e. The van der Waals surface area contributed by atoms with E-state index in [2.05, 4.69) is 22.5 Å². The van der Waals surface area contributed by atoms with Gasteiger partial charge >= 0.3 is 0 Å². The van der Waals surface area contributed by atoms with E-state index in [9.17, 15) is 0 Å². The van der Waals surface area contributed by atoms with Crippen molar-refractivity contribution in [2.45, 2.75) is 58.1 Å². The fourth-order valence-corrected chi connectivity index (χ4v) is 3.34. The van der Waals surface area contributed by atoms with E-state index in [0.717, 1.165) is 49.1 Å². The number of para-hydroxylation sites is 1. The van der Waals surface area contributed by atoms with Crippen molar-refractivity contribution in [1.29, 1.82) is 0 Å². The minimum absolute atomic E-state index is 0. The molecule has 0 unspecified atom stereocenters. The summed E-state index contributed by atoms with van der Waals surface area (Å²) < 4.78 is 16.8. The molecule has 0 radical (unpaired) electrons. The van der Waals surface area contributed by atoms with Crippen molar-refractivity contribution in [1.82, 2.24) is 10.6 Å². The number of hydrogen-bond acceptors (Lipinski definition) is 4. The van der Waals surface area contributed by atoms with E-state index in [4.69, 9.17) is 14.2 Å². The fourth-order valence-electron chi connectivity index (χ4n) is 3.34. The van der Waals surface area contributed by atoms with Crippen LogP contribution in [0.1, 0.15) is 51.0 Å². The zero-order chi connectivity index (χ0) is 19.3. The van der Waals surface area contributed by atoms with Gasteiger partial charge in [0.2, 0.25) is 0 Å². The van der Waals surface area contributed by atoms with Crippen LogP contribution in [0, 0.1) is 0 Å². The molecule has 1 aromatic rings. The van der Waals surface area contributed by atoms with Gasteiger partial charge in [-0.15, -0.1) is 24.0 Å². The third-order valence-corrected chi connectivity index (χ3v) is 4.76. The Morgan fingerprint density at radius 1 is 1.11 bits per heavy atom. The molecule has 0 aromatic heterocycles. The molecule has 160 valence electrons. The monoisotopic (exact) mass is 505 g/mol. The fraction of sp³-hybridized carbons (Fsp3) is 0.667. The molecule has 0 atom stereocenters. The molecule has 1 saturated carbocycles. The van der Waals surface area contributed by atoms with E-state index < -0.39 is 0 Å². The van der Waals surface area contributed by atoms with E-state index in [1.165, 1.54) is 32.1 Å². The number of halogens is 1. The highest BCUT2D eigenvalue weighted by molar-refractivity contribution is 14.0. The zero-order valence-corrected chi connectivity index (χ0v) is 19.8. The summed E-state index contributed by atoms with van der Waals surface area (Å²) in [5.41, 5.74) is 0.995. The highest BCUT2D eigenvalue weighted by Crippen LogP contribution is 2.31. The molecule has 0 bridgehead atoms. The van der Waals surface area contributed by atoms with E-state index in [0.29, 0.717) is 12.6 Å². The van der Waals surface area contributed by atoms with Gasteiger partial charge in [-0.2, -0.15) is 0 Å². The topological polar surface area (TPSA) is 64.1 Å². The highest BCUT2D eigenvalue weighted by Gasteiger charge is 2.13. The van der Waals surface area contributed by atoms with Crippen molar-refractivity contribution in [3.05, 3.63) is 23.8 Å².